The summed E-state index contributed by atoms with van der Waals surface area (Å²) in [7, 11) is 0. The quantitative estimate of drug-likeness (QED) is 0.696. The smallest absolute Gasteiger partial charge is 0.243 e. The molecule has 1 aromatic rings. The van der Waals surface area contributed by atoms with E-state index < -0.39 is 5.54 Å². The fourth-order valence-corrected chi connectivity index (χ4v) is 1.42. The van der Waals surface area contributed by atoms with E-state index in [2.05, 4.69) is 10.6 Å². The maximum Gasteiger partial charge on any atom is 0.243 e. The predicted molar refractivity (Wildman–Crippen MR) is 64.2 cm³/mol. The highest BCUT2D eigenvalue weighted by Gasteiger charge is 2.45. The summed E-state index contributed by atoms with van der Waals surface area (Å²) in [5, 5.41) is 5.20. The number of anilines is 1. The first-order chi connectivity index (χ1) is 8.10. The molecule has 17 heavy (non-hydrogen) atoms. The first-order valence-electron chi connectivity index (χ1n) is 5.52. The summed E-state index contributed by atoms with van der Waals surface area (Å²) in [6.07, 6.45) is 1.39. The summed E-state index contributed by atoms with van der Waals surface area (Å²) < 4.78 is 0. The van der Waals surface area contributed by atoms with Gasteiger partial charge in [0.15, 0.2) is 0 Å². The molecular weight excluding hydrogens is 218 g/mol. The highest BCUT2D eigenvalue weighted by Crippen LogP contribution is 2.31. The summed E-state index contributed by atoms with van der Waals surface area (Å²) in [5.41, 5.74) is 5.66. The summed E-state index contributed by atoms with van der Waals surface area (Å²) >= 11 is 0. The van der Waals surface area contributed by atoms with E-state index in [1.807, 2.05) is 18.2 Å². The lowest BCUT2D eigenvalue weighted by Crippen LogP contribution is -2.45. The zero-order chi connectivity index (χ0) is 12.3. The van der Waals surface area contributed by atoms with Crippen molar-refractivity contribution in [2.75, 3.05) is 11.9 Å². The van der Waals surface area contributed by atoms with Gasteiger partial charge in [0, 0.05) is 5.69 Å². The Morgan fingerprint density at radius 2 is 1.88 bits per heavy atom. The van der Waals surface area contributed by atoms with Crippen molar-refractivity contribution in [1.82, 2.24) is 5.32 Å². The zero-order valence-corrected chi connectivity index (χ0v) is 9.40. The van der Waals surface area contributed by atoms with Gasteiger partial charge in [0.25, 0.3) is 0 Å². The molecule has 2 rings (SSSR count). The van der Waals surface area contributed by atoms with Crippen molar-refractivity contribution in [1.29, 1.82) is 0 Å². The number of hydrogen-bond acceptors (Lipinski definition) is 3. The van der Waals surface area contributed by atoms with E-state index >= 15 is 0 Å². The van der Waals surface area contributed by atoms with Crippen LogP contribution in [0.5, 0.6) is 0 Å². The molecule has 0 spiro atoms. The lowest BCUT2D eigenvalue weighted by atomic mass is 10.3. The summed E-state index contributed by atoms with van der Waals surface area (Å²) in [6.45, 7) is -0.0489. The minimum atomic E-state index is -0.729. The number of amides is 2. The first kappa shape index (κ1) is 11.6. The van der Waals surface area contributed by atoms with E-state index in [1.54, 1.807) is 12.1 Å². The fourth-order valence-electron chi connectivity index (χ4n) is 1.42. The zero-order valence-electron chi connectivity index (χ0n) is 9.40. The van der Waals surface area contributed by atoms with E-state index in [4.69, 9.17) is 5.73 Å². The number of para-hydroxylation sites is 1. The van der Waals surface area contributed by atoms with Crippen molar-refractivity contribution >= 4 is 17.5 Å². The molecule has 1 aliphatic rings. The fraction of sp³-hybridized carbons (Fsp3) is 0.333. The third-order valence-corrected chi connectivity index (χ3v) is 2.71. The van der Waals surface area contributed by atoms with Crippen LogP contribution in [0.2, 0.25) is 0 Å². The largest absolute Gasteiger partial charge is 0.345 e. The van der Waals surface area contributed by atoms with Crippen molar-refractivity contribution in [3.63, 3.8) is 0 Å². The molecule has 0 atom stereocenters. The molecule has 90 valence electrons. The van der Waals surface area contributed by atoms with Crippen molar-refractivity contribution in [2.24, 2.45) is 5.73 Å². The Morgan fingerprint density at radius 3 is 2.47 bits per heavy atom. The second-order valence-electron chi connectivity index (χ2n) is 4.25. The van der Waals surface area contributed by atoms with Gasteiger partial charge < -0.3 is 16.4 Å². The summed E-state index contributed by atoms with van der Waals surface area (Å²) in [4.78, 5) is 23.0. The monoisotopic (exact) mass is 233 g/mol. The van der Waals surface area contributed by atoms with Crippen LogP contribution in [0.1, 0.15) is 12.8 Å². The van der Waals surface area contributed by atoms with E-state index in [0.717, 1.165) is 0 Å². The highest BCUT2D eigenvalue weighted by molar-refractivity contribution is 5.96. The van der Waals surface area contributed by atoms with Gasteiger partial charge in [-0.25, -0.2) is 0 Å². The molecule has 0 saturated heterocycles. The van der Waals surface area contributed by atoms with Crippen LogP contribution in [0, 0.1) is 0 Å². The van der Waals surface area contributed by atoms with Crippen LogP contribution in [0.25, 0.3) is 0 Å². The molecule has 0 radical (unpaired) electrons. The van der Waals surface area contributed by atoms with Gasteiger partial charge in [0.1, 0.15) is 0 Å². The van der Waals surface area contributed by atoms with Crippen molar-refractivity contribution < 1.29 is 9.59 Å². The molecule has 0 unspecified atom stereocenters. The van der Waals surface area contributed by atoms with Crippen molar-refractivity contribution in [2.45, 2.75) is 18.4 Å². The van der Waals surface area contributed by atoms with E-state index in [0.29, 0.717) is 18.5 Å². The number of rotatable bonds is 4. The van der Waals surface area contributed by atoms with Crippen LogP contribution in [-0.2, 0) is 9.59 Å². The van der Waals surface area contributed by atoms with Gasteiger partial charge >= 0.3 is 0 Å². The predicted octanol–water partition coefficient (Wildman–Crippen LogP) is 0.233. The van der Waals surface area contributed by atoms with E-state index in [9.17, 15) is 9.59 Å². The lowest BCUT2D eigenvalue weighted by molar-refractivity contribution is -0.125. The molecular formula is C12H15N3O2. The molecule has 2 amide bonds. The molecule has 0 aliphatic heterocycles. The molecule has 1 aliphatic carbocycles. The SMILES string of the molecule is NC1(C(=O)NCC(=O)Nc2ccccc2)CC1. The van der Waals surface area contributed by atoms with Gasteiger partial charge in [0.2, 0.25) is 11.8 Å². The van der Waals surface area contributed by atoms with Crippen LogP contribution in [-0.4, -0.2) is 23.9 Å². The number of hydrogen-bond donors (Lipinski definition) is 3. The van der Waals surface area contributed by atoms with Crippen LogP contribution < -0.4 is 16.4 Å². The van der Waals surface area contributed by atoms with Crippen LogP contribution in [0.3, 0.4) is 0 Å². The number of nitrogens with two attached hydrogens (primary N) is 1. The maximum absolute atomic E-state index is 11.5. The lowest BCUT2D eigenvalue weighted by Gasteiger charge is -2.10. The van der Waals surface area contributed by atoms with Crippen molar-refractivity contribution in [3.05, 3.63) is 30.3 Å². The average Bonchev–Trinajstić information content (AvgIpc) is 3.07. The van der Waals surface area contributed by atoms with Crippen LogP contribution >= 0.6 is 0 Å². The van der Waals surface area contributed by atoms with Crippen LogP contribution in [0.4, 0.5) is 5.69 Å². The molecule has 5 nitrogen and oxygen atoms in total. The normalized spacial score (nSPS) is 16.1. The van der Waals surface area contributed by atoms with Gasteiger partial charge in [-0.1, -0.05) is 18.2 Å². The second-order valence-corrected chi connectivity index (χ2v) is 4.25. The molecule has 4 N–H and O–H groups in total. The Hall–Kier alpha value is -1.88. The third-order valence-electron chi connectivity index (χ3n) is 2.71. The second kappa shape index (κ2) is 4.55. The number of benzene rings is 1. The maximum atomic E-state index is 11.5. The first-order valence-corrected chi connectivity index (χ1v) is 5.52. The Labute approximate surface area is 99.4 Å². The van der Waals surface area contributed by atoms with Gasteiger partial charge in [-0.3, -0.25) is 9.59 Å². The van der Waals surface area contributed by atoms with E-state index in [1.165, 1.54) is 0 Å². The number of carbonyl (C=O) groups is 2. The topological polar surface area (TPSA) is 84.2 Å². The molecule has 0 bridgehead atoms. The Morgan fingerprint density at radius 1 is 1.24 bits per heavy atom. The number of nitrogens with one attached hydrogen (secondary N) is 2. The molecule has 5 heteroatoms. The summed E-state index contributed by atoms with van der Waals surface area (Å²) in [6, 6.07) is 9.08. The molecule has 1 aromatic carbocycles. The van der Waals surface area contributed by atoms with Crippen LogP contribution in [0.15, 0.2) is 30.3 Å². The molecule has 0 heterocycles. The average molecular weight is 233 g/mol. The standard InChI is InChI=1S/C12H15N3O2/c13-12(6-7-12)11(17)14-8-10(16)15-9-4-2-1-3-5-9/h1-5H,6-8,13H2,(H,14,17)(H,15,16). The molecule has 1 fully saturated rings. The Balaban J connectivity index is 1.76. The van der Waals surface area contributed by atoms with Gasteiger partial charge in [-0.2, -0.15) is 0 Å². The third kappa shape index (κ3) is 3.04. The van der Waals surface area contributed by atoms with Gasteiger partial charge in [0.05, 0.1) is 12.1 Å². The van der Waals surface area contributed by atoms with Gasteiger partial charge in [-0.15, -0.1) is 0 Å². The van der Waals surface area contributed by atoms with Crippen molar-refractivity contribution in [3.8, 4) is 0 Å². The number of carbonyl (C=O) groups excluding carboxylic acids is 2. The highest BCUT2D eigenvalue weighted by atomic mass is 16.2. The Bertz CT molecular complexity index is 427. The van der Waals surface area contributed by atoms with E-state index in [-0.39, 0.29) is 18.4 Å². The van der Waals surface area contributed by atoms with Gasteiger partial charge in [-0.05, 0) is 25.0 Å². The molecule has 0 aromatic heterocycles. The Kier molecular flexibility index (Phi) is 3.10. The minimum absolute atomic E-state index is 0.0489. The summed E-state index contributed by atoms with van der Waals surface area (Å²) in [5.74, 6) is -0.505. The minimum Gasteiger partial charge on any atom is -0.345 e. The molecule has 1 saturated carbocycles.